The lowest BCUT2D eigenvalue weighted by Gasteiger charge is -2.17. The van der Waals surface area contributed by atoms with Crippen LogP contribution in [-0.2, 0) is 12.8 Å². The Kier molecular flexibility index (Phi) is 4.06. The van der Waals surface area contributed by atoms with Crippen molar-refractivity contribution in [2.45, 2.75) is 25.7 Å². The first-order valence-corrected chi connectivity index (χ1v) is 8.75. The molecule has 2 aromatic carbocycles. The van der Waals surface area contributed by atoms with Crippen LogP contribution in [0.1, 0.15) is 34.3 Å². The first-order chi connectivity index (χ1) is 12.1. The number of halogens is 1. The van der Waals surface area contributed by atoms with Crippen LogP contribution in [0.4, 0.5) is 5.69 Å². The number of aromatic amines is 1. The minimum absolute atomic E-state index is 0.0169. The zero-order valence-electron chi connectivity index (χ0n) is 13.6. The standard InChI is InChI=1S/C20H17ClN2O2/c21-17-8-4-3-7-16(17)20(25)22-12-9-10-14-13-5-1-2-6-15(13)19(24)23-18(14)11-12/h3-4,7-11H,1-2,5-6H2,(H,22,25)(H,23,24). The van der Waals surface area contributed by atoms with Crippen molar-refractivity contribution in [3.05, 3.63) is 74.5 Å². The lowest BCUT2D eigenvalue weighted by Crippen LogP contribution is -2.19. The van der Waals surface area contributed by atoms with Gasteiger partial charge in [0.15, 0.2) is 0 Å². The molecule has 2 N–H and O–H groups in total. The number of pyridine rings is 1. The van der Waals surface area contributed by atoms with Crippen LogP contribution in [0.25, 0.3) is 10.9 Å². The Morgan fingerprint density at radius 2 is 1.80 bits per heavy atom. The fourth-order valence-corrected chi connectivity index (χ4v) is 3.70. The molecule has 0 aliphatic heterocycles. The van der Waals surface area contributed by atoms with Gasteiger partial charge >= 0.3 is 0 Å². The number of anilines is 1. The van der Waals surface area contributed by atoms with E-state index in [1.807, 2.05) is 12.1 Å². The number of aryl methyl sites for hydroxylation is 1. The maximum absolute atomic E-state index is 12.4. The van der Waals surface area contributed by atoms with Crippen LogP contribution in [0.15, 0.2) is 47.3 Å². The van der Waals surface area contributed by atoms with Crippen LogP contribution in [0.3, 0.4) is 0 Å². The van der Waals surface area contributed by atoms with E-state index in [1.54, 1.807) is 30.3 Å². The van der Waals surface area contributed by atoms with Crippen LogP contribution in [0, 0.1) is 0 Å². The molecule has 0 atom stereocenters. The van der Waals surface area contributed by atoms with Gasteiger partial charge < -0.3 is 10.3 Å². The largest absolute Gasteiger partial charge is 0.322 e. The van der Waals surface area contributed by atoms with Crippen molar-refractivity contribution in [3.63, 3.8) is 0 Å². The van der Waals surface area contributed by atoms with Crippen molar-refractivity contribution < 1.29 is 4.79 Å². The van der Waals surface area contributed by atoms with E-state index in [0.717, 1.165) is 47.7 Å². The molecular weight excluding hydrogens is 336 g/mol. The quantitative estimate of drug-likeness (QED) is 0.721. The summed E-state index contributed by atoms with van der Waals surface area (Å²) in [6.45, 7) is 0. The van der Waals surface area contributed by atoms with Gasteiger partial charge in [0.05, 0.1) is 16.1 Å². The van der Waals surface area contributed by atoms with E-state index in [9.17, 15) is 9.59 Å². The van der Waals surface area contributed by atoms with Crippen LogP contribution in [-0.4, -0.2) is 10.9 Å². The third-order valence-corrected chi connectivity index (χ3v) is 5.04. The van der Waals surface area contributed by atoms with Gasteiger partial charge in [-0.15, -0.1) is 0 Å². The Morgan fingerprint density at radius 1 is 1.04 bits per heavy atom. The zero-order chi connectivity index (χ0) is 17.4. The monoisotopic (exact) mass is 352 g/mol. The molecule has 1 aliphatic carbocycles. The SMILES string of the molecule is O=C(Nc1ccc2c3c(c(=O)[nH]c2c1)CCCC3)c1ccccc1Cl. The number of benzene rings is 2. The van der Waals surface area contributed by atoms with E-state index >= 15 is 0 Å². The number of carbonyl (C=O) groups excluding carboxylic acids is 1. The van der Waals surface area contributed by atoms with Crippen molar-refractivity contribution >= 4 is 34.1 Å². The molecule has 4 nitrogen and oxygen atoms in total. The lowest BCUT2D eigenvalue weighted by atomic mass is 9.90. The second-order valence-corrected chi connectivity index (χ2v) is 6.72. The summed E-state index contributed by atoms with van der Waals surface area (Å²) < 4.78 is 0. The highest BCUT2D eigenvalue weighted by molar-refractivity contribution is 6.34. The molecule has 0 fully saturated rings. The topological polar surface area (TPSA) is 62.0 Å². The Hall–Kier alpha value is -2.59. The van der Waals surface area contributed by atoms with Gasteiger partial charge in [-0.25, -0.2) is 0 Å². The maximum Gasteiger partial charge on any atom is 0.257 e. The van der Waals surface area contributed by atoms with Crippen molar-refractivity contribution in [2.24, 2.45) is 0 Å². The number of rotatable bonds is 2. The third kappa shape index (κ3) is 2.94. The van der Waals surface area contributed by atoms with Crippen LogP contribution >= 0.6 is 11.6 Å². The van der Waals surface area contributed by atoms with E-state index in [4.69, 9.17) is 11.6 Å². The molecule has 0 spiro atoms. The number of nitrogens with one attached hydrogen (secondary N) is 2. The molecule has 0 saturated carbocycles. The number of hydrogen-bond acceptors (Lipinski definition) is 2. The summed E-state index contributed by atoms with van der Waals surface area (Å²) in [5, 5.41) is 4.31. The van der Waals surface area contributed by atoms with Gasteiger partial charge in [-0.3, -0.25) is 9.59 Å². The number of fused-ring (bicyclic) bond motifs is 3. The molecule has 126 valence electrons. The van der Waals surface area contributed by atoms with Gasteiger partial charge in [-0.05, 0) is 55.5 Å². The van der Waals surface area contributed by atoms with E-state index in [-0.39, 0.29) is 11.5 Å². The van der Waals surface area contributed by atoms with Gasteiger partial charge in [0.2, 0.25) is 0 Å². The number of carbonyl (C=O) groups is 1. The van der Waals surface area contributed by atoms with Crippen LogP contribution in [0.5, 0.6) is 0 Å². The molecule has 5 heteroatoms. The normalized spacial score (nSPS) is 13.5. The molecule has 3 aromatic rings. The molecule has 4 rings (SSSR count). The summed E-state index contributed by atoms with van der Waals surface area (Å²) in [6, 6.07) is 12.5. The molecule has 25 heavy (non-hydrogen) atoms. The number of hydrogen-bond donors (Lipinski definition) is 2. The number of amides is 1. The Morgan fingerprint density at radius 3 is 2.60 bits per heavy atom. The summed E-state index contributed by atoms with van der Waals surface area (Å²) >= 11 is 6.07. The van der Waals surface area contributed by atoms with Crippen LogP contribution in [0.2, 0.25) is 5.02 Å². The van der Waals surface area contributed by atoms with Crippen molar-refractivity contribution in [2.75, 3.05) is 5.32 Å². The summed E-state index contributed by atoms with van der Waals surface area (Å²) in [7, 11) is 0. The number of H-pyrrole nitrogens is 1. The summed E-state index contributed by atoms with van der Waals surface area (Å²) in [5.74, 6) is -0.273. The molecule has 1 aromatic heterocycles. The van der Waals surface area contributed by atoms with E-state index < -0.39 is 0 Å². The summed E-state index contributed by atoms with van der Waals surface area (Å²) in [6.07, 6.45) is 3.94. The fourth-order valence-electron chi connectivity index (χ4n) is 3.48. The van der Waals surface area contributed by atoms with Crippen molar-refractivity contribution in [1.82, 2.24) is 4.98 Å². The van der Waals surface area contributed by atoms with E-state index in [0.29, 0.717) is 16.3 Å². The minimum atomic E-state index is -0.273. The second-order valence-electron chi connectivity index (χ2n) is 6.31. The maximum atomic E-state index is 12.4. The summed E-state index contributed by atoms with van der Waals surface area (Å²) in [4.78, 5) is 27.7. The van der Waals surface area contributed by atoms with Crippen molar-refractivity contribution in [3.8, 4) is 0 Å². The first-order valence-electron chi connectivity index (χ1n) is 8.37. The third-order valence-electron chi connectivity index (χ3n) is 4.71. The molecule has 1 amide bonds. The van der Waals surface area contributed by atoms with Gasteiger partial charge in [0.25, 0.3) is 11.5 Å². The first kappa shape index (κ1) is 15.9. The smallest absolute Gasteiger partial charge is 0.257 e. The van der Waals surface area contributed by atoms with Gasteiger partial charge in [0, 0.05) is 16.6 Å². The van der Waals surface area contributed by atoms with Crippen molar-refractivity contribution in [1.29, 1.82) is 0 Å². The predicted molar refractivity (Wildman–Crippen MR) is 101 cm³/mol. The Labute approximate surface area is 149 Å². The highest BCUT2D eigenvalue weighted by atomic mass is 35.5. The van der Waals surface area contributed by atoms with Gasteiger partial charge in [-0.2, -0.15) is 0 Å². The molecule has 0 bridgehead atoms. The number of aromatic nitrogens is 1. The molecule has 1 heterocycles. The Balaban J connectivity index is 1.71. The molecule has 0 saturated heterocycles. The van der Waals surface area contributed by atoms with E-state index in [1.165, 1.54) is 0 Å². The second kappa shape index (κ2) is 6.37. The fraction of sp³-hybridized carbons (Fsp3) is 0.200. The highest BCUT2D eigenvalue weighted by Crippen LogP contribution is 2.27. The predicted octanol–water partition coefficient (Wildman–Crippen LogP) is 4.31. The highest BCUT2D eigenvalue weighted by Gasteiger charge is 2.17. The zero-order valence-corrected chi connectivity index (χ0v) is 14.3. The molecule has 0 unspecified atom stereocenters. The molecule has 0 radical (unpaired) electrons. The minimum Gasteiger partial charge on any atom is -0.322 e. The Bertz CT molecular complexity index is 1040. The van der Waals surface area contributed by atoms with E-state index in [2.05, 4.69) is 10.3 Å². The van der Waals surface area contributed by atoms with Crippen LogP contribution < -0.4 is 10.9 Å². The van der Waals surface area contributed by atoms with Gasteiger partial charge in [-0.1, -0.05) is 29.8 Å². The average molecular weight is 353 g/mol. The summed E-state index contributed by atoms with van der Waals surface area (Å²) in [5.41, 5.74) is 3.84. The lowest BCUT2D eigenvalue weighted by molar-refractivity contribution is 0.102. The molecule has 1 aliphatic rings. The molecular formula is C20H17ClN2O2. The van der Waals surface area contributed by atoms with Gasteiger partial charge in [0.1, 0.15) is 0 Å². The average Bonchev–Trinajstić information content (AvgIpc) is 2.62.